The van der Waals surface area contributed by atoms with Gasteiger partial charge in [-0.15, -0.1) is 0 Å². The first-order valence-electron chi connectivity index (χ1n) is 4.86. The fourth-order valence-corrected chi connectivity index (χ4v) is 1.34. The summed E-state index contributed by atoms with van der Waals surface area (Å²) in [6.07, 6.45) is 0.000324. The van der Waals surface area contributed by atoms with Gasteiger partial charge in [-0.25, -0.2) is 0 Å². The van der Waals surface area contributed by atoms with E-state index in [9.17, 15) is 0 Å². The summed E-state index contributed by atoms with van der Waals surface area (Å²) in [7, 11) is 1.62. The highest BCUT2D eigenvalue weighted by Crippen LogP contribution is 2.23. The van der Waals surface area contributed by atoms with Crippen LogP contribution in [0.2, 0.25) is 0 Å². The van der Waals surface area contributed by atoms with Crippen LogP contribution in [0.4, 0.5) is 0 Å². The van der Waals surface area contributed by atoms with Gasteiger partial charge >= 0.3 is 0 Å². The number of aliphatic hydroxyl groups excluding tert-OH is 1. The molecule has 1 N–H and O–H groups in total. The Morgan fingerprint density at radius 2 is 1.87 bits per heavy atom. The van der Waals surface area contributed by atoms with Crippen molar-refractivity contribution in [3.05, 3.63) is 24.3 Å². The molecule has 4 nitrogen and oxygen atoms in total. The maximum Gasteiger partial charge on any atom is 0.120 e. The first kappa shape index (κ1) is 10.3. The Hall–Kier alpha value is -1.26. The number of rotatable bonds is 5. The minimum Gasteiger partial charge on any atom is -0.497 e. The zero-order valence-electron chi connectivity index (χ0n) is 8.55. The highest BCUT2D eigenvalue weighted by Gasteiger charge is 2.38. The zero-order chi connectivity index (χ0) is 10.7. The highest BCUT2D eigenvalue weighted by atomic mass is 16.6. The van der Waals surface area contributed by atoms with Crippen LogP contribution in [0, 0.1) is 0 Å². The third kappa shape index (κ3) is 2.61. The van der Waals surface area contributed by atoms with E-state index in [-0.39, 0.29) is 18.8 Å². The highest BCUT2D eigenvalue weighted by molar-refractivity contribution is 5.31. The molecule has 0 spiro atoms. The molecule has 0 aliphatic carbocycles. The largest absolute Gasteiger partial charge is 0.497 e. The maximum absolute atomic E-state index is 8.74. The molecule has 4 heteroatoms. The van der Waals surface area contributed by atoms with Gasteiger partial charge in [-0.1, -0.05) is 0 Å². The van der Waals surface area contributed by atoms with Crippen LogP contribution in [0.1, 0.15) is 0 Å². The molecule has 1 aliphatic rings. The third-order valence-corrected chi connectivity index (χ3v) is 2.34. The van der Waals surface area contributed by atoms with Gasteiger partial charge in [0.1, 0.15) is 30.3 Å². The molecule has 1 aromatic carbocycles. The molecule has 0 amide bonds. The van der Waals surface area contributed by atoms with Gasteiger partial charge in [-0.2, -0.15) is 0 Å². The summed E-state index contributed by atoms with van der Waals surface area (Å²) < 4.78 is 15.6. The van der Waals surface area contributed by atoms with Gasteiger partial charge in [0.15, 0.2) is 0 Å². The van der Waals surface area contributed by atoms with Gasteiger partial charge in [-0.3, -0.25) is 0 Å². The summed E-state index contributed by atoms with van der Waals surface area (Å²) in [6, 6.07) is 7.36. The number of benzene rings is 1. The van der Waals surface area contributed by atoms with Gasteiger partial charge in [-0.05, 0) is 24.3 Å². The number of epoxide rings is 1. The van der Waals surface area contributed by atoms with Crippen molar-refractivity contribution in [2.75, 3.05) is 20.3 Å². The van der Waals surface area contributed by atoms with Crippen LogP contribution in [-0.2, 0) is 4.74 Å². The van der Waals surface area contributed by atoms with E-state index in [1.165, 1.54) is 0 Å². The lowest BCUT2D eigenvalue weighted by atomic mass is 10.3. The Bertz CT molecular complexity index is 309. The minimum absolute atomic E-state index is 0.0387. The normalized spacial score (nSPS) is 23.6. The van der Waals surface area contributed by atoms with Gasteiger partial charge in [0, 0.05) is 0 Å². The summed E-state index contributed by atoms with van der Waals surface area (Å²) in [5.41, 5.74) is 0. The van der Waals surface area contributed by atoms with Gasteiger partial charge < -0.3 is 19.3 Å². The first-order valence-corrected chi connectivity index (χ1v) is 4.86. The molecule has 1 heterocycles. The van der Waals surface area contributed by atoms with Crippen molar-refractivity contribution in [1.82, 2.24) is 0 Å². The van der Waals surface area contributed by atoms with E-state index in [0.717, 1.165) is 11.5 Å². The molecule has 2 atom stereocenters. The van der Waals surface area contributed by atoms with E-state index < -0.39 is 0 Å². The second-order valence-electron chi connectivity index (χ2n) is 3.38. The second-order valence-corrected chi connectivity index (χ2v) is 3.38. The number of ether oxygens (including phenoxy) is 3. The number of hydrogen-bond acceptors (Lipinski definition) is 4. The summed E-state index contributed by atoms with van der Waals surface area (Å²) >= 11 is 0. The van der Waals surface area contributed by atoms with Crippen molar-refractivity contribution in [2.24, 2.45) is 0 Å². The monoisotopic (exact) mass is 210 g/mol. The van der Waals surface area contributed by atoms with Crippen LogP contribution in [0.15, 0.2) is 24.3 Å². The average molecular weight is 210 g/mol. The summed E-state index contributed by atoms with van der Waals surface area (Å²) in [5.74, 6) is 1.58. The molecular formula is C11H14O4. The summed E-state index contributed by atoms with van der Waals surface area (Å²) in [5, 5.41) is 8.74. The molecule has 0 saturated carbocycles. The van der Waals surface area contributed by atoms with E-state index >= 15 is 0 Å². The van der Waals surface area contributed by atoms with E-state index in [1.54, 1.807) is 7.11 Å². The van der Waals surface area contributed by atoms with E-state index in [2.05, 4.69) is 0 Å². The van der Waals surface area contributed by atoms with Gasteiger partial charge in [0.2, 0.25) is 0 Å². The molecule has 0 bridgehead atoms. The topological polar surface area (TPSA) is 51.2 Å². The molecule has 0 aromatic heterocycles. The predicted molar refractivity (Wildman–Crippen MR) is 54.2 cm³/mol. The Morgan fingerprint density at radius 1 is 1.20 bits per heavy atom. The van der Waals surface area contributed by atoms with E-state index in [1.807, 2.05) is 24.3 Å². The molecule has 1 aromatic rings. The SMILES string of the molecule is COc1ccc(OC[C@@H]2O[C@@H]2CO)cc1. The minimum atomic E-state index is -0.0387. The summed E-state index contributed by atoms with van der Waals surface area (Å²) in [4.78, 5) is 0. The van der Waals surface area contributed by atoms with E-state index in [0.29, 0.717) is 6.61 Å². The molecule has 1 aliphatic heterocycles. The molecule has 0 unspecified atom stereocenters. The van der Waals surface area contributed by atoms with Crippen molar-refractivity contribution >= 4 is 0 Å². The number of methoxy groups -OCH3 is 1. The van der Waals surface area contributed by atoms with Crippen LogP contribution in [0.5, 0.6) is 11.5 Å². The molecule has 2 rings (SSSR count). The Kier molecular flexibility index (Phi) is 3.08. The quantitative estimate of drug-likeness (QED) is 0.731. The van der Waals surface area contributed by atoms with Crippen molar-refractivity contribution < 1.29 is 19.3 Å². The lowest BCUT2D eigenvalue weighted by molar-refractivity contribution is 0.233. The van der Waals surface area contributed by atoms with Crippen LogP contribution < -0.4 is 9.47 Å². The smallest absolute Gasteiger partial charge is 0.120 e. The lowest BCUT2D eigenvalue weighted by Gasteiger charge is -2.04. The second kappa shape index (κ2) is 4.51. The predicted octanol–water partition coefficient (Wildman–Crippen LogP) is 0.834. The fourth-order valence-electron chi connectivity index (χ4n) is 1.34. The van der Waals surface area contributed by atoms with Crippen LogP contribution >= 0.6 is 0 Å². The molecular weight excluding hydrogens is 196 g/mol. The van der Waals surface area contributed by atoms with Crippen LogP contribution in [0.3, 0.4) is 0 Å². The van der Waals surface area contributed by atoms with Gasteiger partial charge in [0.05, 0.1) is 13.7 Å². The van der Waals surface area contributed by atoms with Crippen molar-refractivity contribution in [2.45, 2.75) is 12.2 Å². The van der Waals surface area contributed by atoms with E-state index in [4.69, 9.17) is 19.3 Å². The molecule has 1 saturated heterocycles. The molecule has 15 heavy (non-hydrogen) atoms. The number of hydrogen-bond donors (Lipinski definition) is 1. The lowest BCUT2D eigenvalue weighted by Crippen LogP contribution is -2.09. The maximum atomic E-state index is 8.74. The fraction of sp³-hybridized carbons (Fsp3) is 0.455. The standard InChI is InChI=1S/C11H14O4/c1-13-8-2-4-9(5-3-8)14-7-11-10(6-12)15-11/h2-5,10-12H,6-7H2,1H3/t10-,11+/m1/s1. The Balaban J connectivity index is 1.79. The zero-order valence-corrected chi connectivity index (χ0v) is 8.55. The molecule has 0 radical (unpaired) electrons. The Morgan fingerprint density at radius 3 is 2.40 bits per heavy atom. The van der Waals surface area contributed by atoms with Gasteiger partial charge in [0.25, 0.3) is 0 Å². The van der Waals surface area contributed by atoms with Crippen LogP contribution in [-0.4, -0.2) is 37.6 Å². The molecule has 1 fully saturated rings. The Labute approximate surface area is 88.4 Å². The average Bonchev–Trinajstić information content (AvgIpc) is 3.06. The van der Waals surface area contributed by atoms with Crippen molar-refractivity contribution in [3.8, 4) is 11.5 Å². The van der Waals surface area contributed by atoms with Crippen molar-refractivity contribution in [1.29, 1.82) is 0 Å². The molecule has 82 valence electrons. The number of aliphatic hydroxyl groups is 1. The summed E-state index contributed by atoms with van der Waals surface area (Å²) in [6.45, 7) is 0.550. The third-order valence-electron chi connectivity index (χ3n) is 2.34. The van der Waals surface area contributed by atoms with Crippen molar-refractivity contribution in [3.63, 3.8) is 0 Å². The first-order chi connectivity index (χ1) is 7.33. The van der Waals surface area contributed by atoms with Crippen LogP contribution in [0.25, 0.3) is 0 Å².